The molecule has 1 aromatic carbocycles. The van der Waals surface area contributed by atoms with Gasteiger partial charge in [0, 0.05) is 18.6 Å². The Hall–Kier alpha value is -2.15. The maximum atomic E-state index is 5.59. The van der Waals surface area contributed by atoms with E-state index in [0.29, 0.717) is 30.7 Å². The van der Waals surface area contributed by atoms with Crippen LogP contribution >= 0.6 is 12.4 Å². The minimum Gasteiger partial charge on any atom is -0.489 e. The Labute approximate surface area is 115 Å². The second-order valence-electron chi connectivity index (χ2n) is 3.96. The molecular weight excluding hydrogens is 270 g/mol. The van der Waals surface area contributed by atoms with Crippen molar-refractivity contribution in [3.05, 3.63) is 12.1 Å². The zero-order valence-electron chi connectivity index (χ0n) is 10.0. The lowest BCUT2D eigenvalue weighted by Gasteiger charge is -2.05. The topological polar surface area (TPSA) is 112 Å². The predicted octanol–water partition coefficient (Wildman–Crippen LogP) is 1.05. The summed E-state index contributed by atoms with van der Waals surface area (Å²) < 4.78 is 11.2. The van der Waals surface area contributed by atoms with Gasteiger partial charge in [-0.1, -0.05) is 0 Å². The summed E-state index contributed by atoms with van der Waals surface area (Å²) in [6.07, 6.45) is 0.870. The number of rotatable bonds is 1. The molecule has 0 unspecified atom stereocenters. The van der Waals surface area contributed by atoms with Gasteiger partial charge in [-0.25, -0.2) is 4.98 Å². The summed E-state index contributed by atoms with van der Waals surface area (Å²) in [5.41, 5.74) is 12.2. The number of guanidine groups is 1. The van der Waals surface area contributed by atoms with Gasteiger partial charge in [-0.3, -0.25) is 0 Å². The third kappa shape index (κ3) is 2.65. The van der Waals surface area contributed by atoms with Crippen LogP contribution in [0.15, 0.2) is 17.1 Å². The molecule has 0 saturated carbocycles. The summed E-state index contributed by atoms with van der Waals surface area (Å²) in [7, 11) is 0. The van der Waals surface area contributed by atoms with Gasteiger partial charge in [-0.2, -0.15) is 4.99 Å². The molecule has 0 fully saturated rings. The molecule has 5 N–H and O–H groups in total. The number of H-pyrrole nitrogens is 1. The molecule has 2 aromatic rings. The fourth-order valence-electron chi connectivity index (χ4n) is 1.83. The van der Waals surface area contributed by atoms with Crippen molar-refractivity contribution in [3.63, 3.8) is 0 Å². The molecular formula is C11H14ClN5O2. The van der Waals surface area contributed by atoms with Crippen LogP contribution in [0.5, 0.6) is 11.5 Å². The van der Waals surface area contributed by atoms with E-state index in [9.17, 15) is 0 Å². The number of nitrogens with two attached hydrogens (primary N) is 2. The largest absolute Gasteiger partial charge is 0.489 e. The van der Waals surface area contributed by atoms with Gasteiger partial charge < -0.3 is 25.9 Å². The van der Waals surface area contributed by atoms with Crippen LogP contribution in [0, 0.1) is 0 Å². The molecule has 3 rings (SSSR count). The number of nitrogens with zero attached hydrogens (tertiary/aromatic N) is 2. The Morgan fingerprint density at radius 2 is 1.89 bits per heavy atom. The van der Waals surface area contributed by atoms with Gasteiger partial charge in [0.25, 0.3) is 0 Å². The van der Waals surface area contributed by atoms with Crippen molar-refractivity contribution >= 4 is 35.3 Å². The van der Waals surface area contributed by atoms with Crippen LogP contribution in [0.25, 0.3) is 11.0 Å². The van der Waals surface area contributed by atoms with Crippen molar-refractivity contribution in [2.24, 2.45) is 16.5 Å². The smallest absolute Gasteiger partial charge is 0.231 e. The van der Waals surface area contributed by atoms with Crippen LogP contribution in [0.3, 0.4) is 0 Å². The zero-order chi connectivity index (χ0) is 12.5. The summed E-state index contributed by atoms with van der Waals surface area (Å²) in [5, 5.41) is 0. The first-order chi connectivity index (χ1) is 8.72. The van der Waals surface area contributed by atoms with Gasteiger partial charge >= 0.3 is 0 Å². The fourth-order valence-corrected chi connectivity index (χ4v) is 1.83. The van der Waals surface area contributed by atoms with E-state index in [-0.39, 0.29) is 18.4 Å². The molecule has 0 aliphatic carbocycles. The van der Waals surface area contributed by atoms with Crippen LogP contribution in [0.1, 0.15) is 6.42 Å². The van der Waals surface area contributed by atoms with Gasteiger partial charge in [0.1, 0.15) is 0 Å². The SMILES string of the molecule is Cl.NC(N)=Nc1nc2cc3c(cc2[nH]1)OCCCO3. The first kappa shape index (κ1) is 13.3. The minimum absolute atomic E-state index is 0. The molecule has 0 radical (unpaired) electrons. The Bertz CT molecular complexity index is 578. The van der Waals surface area contributed by atoms with E-state index in [1.54, 1.807) is 0 Å². The van der Waals surface area contributed by atoms with Crippen LogP contribution < -0.4 is 20.9 Å². The lowest BCUT2D eigenvalue weighted by Crippen LogP contribution is -2.22. The number of aromatic amines is 1. The normalized spacial score (nSPS) is 13.5. The van der Waals surface area contributed by atoms with Crippen LogP contribution in [0.2, 0.25) is 0 Å². The van der Waals surface area contributed by atoms with Gasteiger partial charge in [0.15, 0.2) is 17.5 Å². The first-order valence-electron chi connectivity index (χ1n) is 5.61. The maximum absolute atomic E-state index is 5.59. The molecule has 0 atom stereocenters. The highest BCUT2D eigenvalue weighted by atomic mass is 35.5. The Morgan fingerprint density at radius 1 is 1.21 bits per heavy atom. The van der Waals surface area contributed by atoms with Gasteiger partial charge in [0.2, 0.25) is 5.95 Å². The number of ether oxygens (including phenoxy) is 2. The van der Waals surface area contributed by atoms with E-state index in [4.69, 9.17) is 20.9 Å². The minimum atomic E-state index is -0.0388. The number of imidazole rings is 1. The second kappa shape index (κ2) is 5.23. The lowest BCUT2D eigenvalue weighted by atomic mass is 10.3. The Morgan fingerprint density at radius 3 is 2.58 bits per heavy atom. The van der Waals surface area contributed by atoms with Gasteiger partial charge in [-0.05, 0) is 0 Å². The highest BCUT2D eigenvalue weighted by Gasteiger charge is 2.13. The third-order valence-corrected chi connectivity index (χ3v) is 2.57. The molecule has 102 valence electrons. The van der Waals surface area contributed by atoms with E-state index in [1.807, 2.05) is 12.1 Å². The molecule has 0 amide bonds. The molecule has 0 spiro atoms. The molecule has 1 aromatic heterocycles. The lowest BCUT2D eigenvalue weighted by molar-refractivity contribution is 0.297. The van der Waals surface area contributed by atoms with Crippen molar-refractivity contribution < 1.29 is 9.47 Å². The summed E-state index contributed by atoms with van der Waals surface area (Å²) in [4.78, 5) is 11.1. The predicted molar refractivity (Wildman–Crippen MR) is 74.4 cm³/mol. The molecule has 2 heterocycles. The number of nitrogens with one attached hydrogen (secondary N) is 1. The van der Waals surface area contributed by atoms with E-state index in [2.05, 4.69) is 15.0 Å². The average molecular weight is 284 g/mol. The Balaban J connectivity index is 0.00000133. The van der Waals surface area contributed by atoms with Crippen molar-refractivity contribution in [2.45, 2.75) is 6.42 Å². The number of halogens is 1. The molecule has 8 heteroatoms. The van der Waals surface area contributed by atoms with Gasteiger partial charge in [0.05, 0.1) is 24.2 Å². The molecule has 1 aliphatic heterocycles. The summed E-state index contributed by atoms with van der Waals surface area (Å²) in [6, 6.07) is 3.66. The zero-order valence-corrected chi connectivity index (χ0v) is 10.9. The van der Waals surface area contributed by atoms with Crippen molar-refractivity contribution in [2.75, 3.05) is 13.2 Å². The third-order valence-electron chi connectivity index (χ3n) is 2.57. The highest BCUT2D eigenvalue weighted by molar-refractivity contribution is 5.85. The molecule has 0 saturated heterocycles. The summed E-state index contributed by atoms with van der Waals surface area (Å²) in [6.45, 7) is 1.29. The standard InChI is InChI=1S/C11H13N5O2.ClH/c12-10(13)16-11-14-6-4-8-9(5-7(6)15-11)18-3-1-2-17-8;/h4-5H,1-3H2,(H5,12,13,14,15,16);1H. The monoisotopic (exact) mass is 283 g/mol. The van der Waals surface area contributed by atoms with Crippen LogP contribution in [-0.4, -0.2) is 29.1 Å². The quantitative estimate of drug-likeness (QED) is 0.535. The van der Waals surface area contributed by atoms with Crippen molar-refractivity contribution in [1.29, 1.82) is 0 Å². The van der Waals surface area contributed by atoms with Crippen molar-refractivity contribution in [1.82, 2.24) is 9.97 Å². The number of aliphatic imine (C=N–C) groups is 1. The fraction of sp³-hybridized carbons (Fsp3) is 0.273. The molecule has 0 bridgehead atoms. The van der Waals surface area contributed by atoms with Crippen LogP contribution in [0.4, 0.5) is 5.95 Å². The van der Waals surface area contributed by atoms with E-state index >= 15 is 0 Å². The average Bonchev–Trinajstić information content (AvgIpc) is 2.54. The van der Waals surface area contributed by atoms with E-state index in [1.165, 1.54) is 0 Å². The van der Waals surface area contributed by atoms with Gasteiger partial charge in [-0.15, -0.1) is 12.4 Å². The summed E-state index contributed by atoms with van der Waals surface area (Å²) >= 11 is 0. The molecule has 19 heavy (non-hydrogen) atoms. The molecule has 7 nitrogen and oxygen atoms in total. The Kier molecular flexibility index (Phi) is 3.66. The maximum Gasteiger partial charge on any atom is 0.231 e. The number of aromatic nitrogens is 2. The second-order valence-corrected chi connectivity index (χ2v) is 3.96. The molecule has 1 aliphatic rings. The van der Waals surface area contributed by atoms with Crippen molar-refractivity contribution in [3.8, 4) is 11.5 Å². The number of hydrogen-bond donors (Lipinski definition) is 3. The first-order valence-corrected chi connectivity index (χ1v) is 5.61. The number of hydrogen-bond acceptors (Lipinski definition) is 4. The number of fused-ring (bicyclic) bond motifs is 2. The van der Waals surface area contributed by atoms with E-state index < -0.39 is 0 Å². The highest BCUT2D eigenvalue weighted by Crippen LogP contribution is 2.34. The summed E-state index contributed by atoms with van der Waals surface area (Å²) in [5.74, 6) is 1.73. The number of benzene rings is 1. The van der Waals surface area contributed by atoms with E-state index in [0.717, 1.165) is 17.5 Å². The van der Waals surface area contributed by atoms with Crippen LogP contribution in [-0.2, 0) is 0 Å².